The highest BCUT2D eigenvalue weighted by Crippen LogP contribution is 2.23. The lowest BCUT2D eigenvalue weighted by molar-refractivity contribution is 0.458. The van der Waals surface area contributed by atoms with Gasteiger partial charge in [0.05, 0.1) is 0 Å². The smallest absolute Gasteiger partial charge is 0.162 e. The summed E-state index contributed by atoms with van der Waals surface area (Å²) in [6.07, 6.45) is 1.31. The Morgan fingerprint density at radius 2 is 1.67 bits per heavy atom. The summed E-state index contributed by atoms with van der Waals surface area (Å²) in [5.74, 6) is -1.31. The molecule has 2 rings (SSSR count). The lowest BCUT2D eigenvalue weighted by Gasteiger charge is -2.18. The first-order valence-corrected chi connectivity index (χ1v) is 7.72. The minimum atomic E-state index is -0.781. The quantitative estimate of drug-likeness (QED) is 0.813. The Hall–Kier alpha value is -1.26. The standard InChI is InChI=1S/C17H18BrF2N/c1-21-11-12(9-13-5-2-3-7-15(13)18)10-14-6-4-8-16(19)17(14)20/h2-8,12,21H,9-11H2,1H3. The largest absolute Gasteiger partial charge is 0.319 e. The molecule has 1 unspecified atom stereocenters. The molecule has 0 aliphatic carbocycles. The molecule has 0 radical (unpaired) electrons. The van der Waals surface area contributed by atoms with Crippen molar-refractivity contribution in [2.24, 2.45) is 5.92 Å². The molecule has 0 heterocycles. The Balaban J connectivity index is 2.16. The van der Waals surface area contributed by atoms with Gasteiger partial charge in [-0.2, -0.15) is 0 Å². The maximum atomic E-state index is 13.8. The molecule has 0 fully saturated rings. The maximum absolute atomic E-state index is 13.8. The van der Waals surface area contributed by atoms with Crippen molar-refractivity contribution >= 4 is 15.9 Å². The third kappa shape index (κ3) is 4.35. The van der Waals surface area contributed by atoms with Crippen LogP contribution in [0, 0.1) is 17.6 Å². The Labute approximate surface area is 132 Å². The molecule has 0 aliphatic rings. The van der Waals surface area contributed by atoms with E-state index >= 15 is 0 Å². The molecule has 0 spiro atoms. The summed E-state index contributed by atoms with van der Waals surface area (Å²) < 4.78 is 28.2. The molecule has 0 aromatic heterocycles. The zero-order valence-corrected chi connectivity index (χ0v) is 13.5. The summed E-state index contributed by atoms with van der Waals surface area (Å²) in [4.78, 5) is 0. The summed E-state index contributed by atoms with van der Waals surface area (Å²) in [5, 5.41) is 3.13. The van der Waals surface area contributed by atoms with Crippen molar-refractivity contribution in [3.63, 3.8) is 0 Å². The van der Waals surface area contributed by atoms with E-state index in [1.54, 1.807) is 12.1 Å². The zero-order chi connectivity index (χ0) is 15.2. The van der Waals surface area contributed by atoms with Crippen molar-refractivity contribution in [2.75, 3.05) is 13.6 Å². The fourth-order valence-electron chi connectivity index (χ4n) is 2.50. The summed E-state index contributed by atoms with van der Waals surface area (Å²) in [6.45, 7) is 0.747. The van der Waals surface area contributed by atoms with E-state index in [-0.39, 0.29) is 5.92 Å². The van der Waals surface area contributed by atoms with Crippen LogP contribution in [0.15, 0.2) is 46.9 Å². The van der Waals surface area contributed by atoms with Gasteiger partial charge in [0.1, 0.15) is 0 Å². The fourth-order valence-corrected chi connectivity index (χ4v) is 2.94. The monoisotopic (exact) mass is 353 g/mol. The highest BCUT2D eigenvalue weighted by Gasteiger charge is 2.15. The van der Waals surface area contributed by atoms with Crippen LogP contribution in [0.2, 0.25) is 0 Å². The zero-order valence-electron chi connectivity index (χ0n) is 11.9. The number of benzene rings is 2. The van der Waals surface area contributed by atoms with Crippen molar-refractivity contribution < 1.29 is 8.78 Å². The van der Waals surface area contributed by atoms with E-state index in [4.69, 9.17) is 0 Å². The van der Waals surface area contributed by atoms with E-state index < -0.39 is 11.6 Å². The van der Waals surface area contributed by atoms with Gasteiger partial charge in [-0.3, -0.25) is 0 Å². The fraction of sp³-hybridized carbons (Fsp3) is 0.294. The van der Waals surface area contributed by atoms with Gasteiger partial charge in [-0.25, -0.2) is 8.78 Å². The summed E-state index contributed by atoms with van der Waals surface area (Å²) in [6, 6.07) is 12.4. The molecular formula is C17H18BrF2N. The second-order valence-corrected chi connectivity index (χ2v) is 5.99. The van der Waals surface area contributed by atoms with Crippen LogP contribution in [0.4, 0.5) is 8.78 Å². The first kappa shape index (κ1) is 16.1. The average Bonchev–Trinajstić information content (AvgIpc) is 2.46. The third-order valence-electron chi connectivity index (χ3n) is 3.50. The molecule has 1 atom stereocenters. The molecule has 21 heavy (non-hydrogen) atoms. The number of rotatable bonds is 6. The van der Waals surface area contributed by atoms with Gasteiger partial charge >= 0.3 is 0 Å². The molecule has 0 aliphatic heterocycles. The first-order valence-electron chi connectivity index (χ1n) is 6.92. The van der Waals surface area contributed by atoms with Gasteiger partial charge in [-0.05, 0) is 55.6 Å². The van der Waals surface area contributed by atoms with Crippen molar-refractivity contribution in [1.29, 1.82) is 0 Å². The van der Waals surface area contributed by atoms with E-state index in [0.717, 1.165) is 23.5 Å². The summed E-state index contributed by atoms with van der Waals surface area (Å²) in [5.41, 5.74) is 1.61. The highest BCUT2D eigenvalue weighted by molar-refractivity contribution is 9.10. The van der Waals surface area contributed by atoms with Crippen molar-refractivity contribution in [3.05, 3.63) is 69.7 Å². The molecular weight excluding hydrogens is 336 g/mol. The average molecular weight is 354 g/mol. The topological polar surface area (TPSA) is 12.0 Å². The van der Waals surface area contributed by atoms with Gasteiger partial charge in [0.15, 0.2) is 11.6 Å². The molecule has 0 saturated carbocycles. The molecule has 1 N–H and O–H groups in total. The minimum absolute atomic E-state index is 0.199. The summed E-state index contributed by atoms with van der Waals surface area (Å²) in [7, 11) is 1.87. The van der Waals surface area contributed by atoms with Crippen LogP contribution >= 0.6 is 15.9 Å². The van der Waals surface area contributed by atoms with Gasteiger partial charge in [0.2, 0.25) is 0 Å². The van der Waals surface area contributed by atoms with Gasteiger partial charge < -0.3 is 5.32 Å². The van der Waals surface area contributed by atoms with Crippen molar-refractivity contribution in [1.82, 2.24) is 5.32 Å². The Morgan fingerprint density at radius 3 is 2.38 bits per heavy atom. The molecule has 4 heteroatoms. The molecule has 0 amide bonds. The lowest BCUT2D eigenvalue weighted by atomic mass is 9.92. The number of hydrogen-bond donors (Lipinski definition) is 1. The second kappa shape index (κ2) is 7.66. The SMILES string of the molecule is CNCC(Cc1ccccc1Br)Cc1cccc(F)c1F. The minimum Gasteiger partial charge on any atom is -0.319 e. The van der Waals surface area contributed by atoms with E-state index in [1.165, 1.54) is 5.56 Å². The lowest BCUT2D eigenvalue weighted by Crippen LogP contribution is -2.23. The normalized spacial score (nSPS) is 12.4. The van der Waals surface area contributed by atoms with E-state index in [0.29, 0.717) is 12.0 Å². The molecule has 0 saturated heterocycles. The van der Waals surface area contributed by atoms with Crippen molar-refractivity contribution in [3.8, 4) is 0 Å². The van der Waals surface area contributed by atoms with Crippen LogP contribution in [-0.2, 0) is 12.8 Å². The van der Waals surface area contributed by atoms with Gasteiger partial charge in [0, 0.05) is 4.47 Å². The van der Waals surface area contributed by atoms with Crippen LogP contribution in [0.5, 0.6) is 0 Å². The van der Waals surface area contributed by atoms with Gasteiger partial charge in [0.25, 0.3) is 0 Å². The Morgan fingerprint density at radius 1 is 1.00 bits per heavy atom. The molecule has 2 aromatic carbocycles. The van der Waals surface area contributed by atoms with Crippen LogP contribution in [0.25, 0.3) is 0 Å². The van der Waals surface area contributed by atoms with Crippen LogP contribution in [-0.4, -0.2) is 13.6 Å². The first-order chi connectivity index (χ1) is 10.1. The Bertz CT molecular complexity index is 601. The number of halogens is 3. The van der Waals surface area contributed by atoms with E-state index in [1.807, 2.05) is 25.2 Å². The highest BCUT2D eigenvalue weighted by atomic mass is 79.9. The Kier molecular flexibility index (Phi) is 5.88. The van der Waals surface area contributed by atoms with Crippen LogP contribution in [0.3, 0.4) is 0 Å². The number of hydrogen-bond acceptors (Lipinski definition) is 1. The number of nitrogens with one attached hydrogen (secondary N) is 1. The van der Waals surface area contributed by atoms with Crippen molar-refractivity contribution in [2.45, 2.75) is 12.8 Å². The van der Waals surface area contributed by atoms with E-state index in [2.05, 4.69) is 27.3 Å². The van der Waals surface area contributed by atoms with Crippen LogP contribution in [0.1, 0.15) is 11.1 Å². The predicted molar refractivity (Wildman–Crippen MR) is 85.3 cm³/mol. The second-order valence-electron chi connectivity index (χ2n) is 5.14. The molecule has 2 aromatic rings. The summed E-state index contributed by atoms with van der Waals surface area (Å²) >= 11 is 3.53. The van der Waals surface area contributed by atoms with Gasteiger partial charge in [-0.15, -0.1) is 0 Å². The van der Waals surface area contributed by atoms with E-state index in [9.17, 15) is 8.78 Å². The molecule has 1 nitrogen and oxygen atoms in total. The molecule has 0 bridgehead atoms. The maximum Gasteiger partial charge on any atom is 0.162 e. The van der Waals surface area contributed by atoms with Crippen LogP contribution < -0.4 is 5.32 Å². The molecule has 112 valence electrons. The predicted octanol–water partition coefficient (Wildman–Crippen LogP) is 4.35. The van der Waals surface area contributed by atoms with Gasteiger partial charge in [-0.1, -0.05) is 46.3 Å². The third-order valence-corrected chi connectivity index (χ3v) is 4.27.